The Hall–Kier alpha value is -2.34. The Morgan fingerprint density at radius 2 is 2.00 bits per heavy atom. The minimum Gasteiger partial charge on any atom is -0.467 e. The van der Waals surface area contributed by atoms with Gasteiger partial charge in [0.25, 0.3) is 5.91 Å². The van der Waals surface area contributed by atoms with Crippen molar-refractivity contribution in [1.82, 2.24) is 4.90 Å². The first kappa shape index (κ1) is 18.5. The Labute approximate surface area is 160 Å². The summed E-state index contributed by atoms with van der Waals surface area (Å²) >= 11 is 3.32. The van der Waals surface area contributed by atoms with E-state index in [1.165, 1.54) is 0 Å². The van der Waals surface area contributed by atoms with Gasteiger partial charge in [-0.05, 0) is 65.9 Å². The highest BCUT2D eigenvalue weighted by Gasteiger charge is 2.22. The summed E-state index contributed by atoms with van der Waals surface area (Å²) in [6, 6.07) is 10.6. The van der Waals surface area contributed by atoms with Gasteiger partial charge in [-0.25, -0.2) is 4.79 Å². The molecule has 0 unspecified atom stereocenters. The summed E-state index contributed by atoms with van der Waals surface area (Å²) in [4.78, 5) is 26.6. The van der Waals surface area contributed by atoms with Crippen LogP contribution in [-0.4, -0.2) is 23.4 Å². The van der Waals surface area contributed by atoms with Crippen molar-refractivity contribution in [2.75, 3.05) is 6.61 Å². The molecular weight excluding hydrogens is 398 g/mol. The van der Waals surface area contributed by atoms with E-state index in [-0.39, 0.29) is 12.5 Å². The standard InChI is InChI=1S/C20H20BrNO4/c21-18-11-5-4-10-17(18)20(24)26-14-19(23)22(13-16-9-6-12-25-16)15-7-2-1-3-8-15/h4-7,9-12H,1-3,8,13-14H2. The second kappa shape index (κ2) is 8.85. The molecule has 26 heavy (non-hydrogen) atoms. The fourth-order valence-electron chi connectivity index (χ4n) is 2.88. The fraction of sp³-hybridized carbons (Fsp3) is 0.300. The van der Waals surface area contributed by atoms with Crippen molar-refractivity contribution in [3.63, 3.8) is 0 Å². The smallest absolute Gasteiger partial charge is 0.339 e. The summed E-state index contributed by atoms with van der Waals surface area (Å²) < 4.78 is 11.3. The number of benzene rings is 1. The number of esters is 1. The number of amides is 1. The molecule has 0 bridgehead atoms. The van der Waals surface area contributed by atoms with E-state index in [4.69, 9.17) is 9.15 Å². The fourth-order valence-corrected chi connectivity index (χ4v) is 3.33. The van der Waals surface area contributed by atoms with Crippen LogP contribution >= 0.6 is 15.9 Å². The number of halogens is 1. The van der Waals surface area contributed by atoms with E-state index in [2.05, 4.69) is 22.0 Å². The molecule has 0 saturated heterocycles. The molecule has 6 heteroatoms. The lowest BCUT2D eigenvalue weighted by molar-refractivity contribution is -0.133. The van der Waals surface area contributed by atoms with Gasteiger partial charge in [0, 0.05) is 10.2 Å². The zero-order valence-electron chi connectivity index (χ0n) is 14.3. The van der Waals surface area contributed by atoms with Gasteiger partial charge < -0.3 is 14.1 Å². The average molecular weight is 418 g/mol. The van der Waals surface area contributed by atoms with Crippen LogP contribution < -0.4 is 0 Å². The number of carbonyl (C=O) groups is 2. The number of allylic oxidation sites excluding steroid dienone is 2. The number of hydrogen-bond acceptors (Lipinski definition) is 4. The normalized spacial score (nSPS) is 13.8. The van der Waals surface area contributed by atoms with Crippen LogP contribution in [0.4, 0.5) is 0 Å². The summed E-state index contributed by atoms with van der Waals surface area (Å²) in [7, 11) is 0. The van der Waals surface area contributed by atoms with Gasteiger partial charge in [0.2, 0.25) is 0 Å². The van der Waals surface area contributed by atoms with E-state index >= 15 is 0 Å². The molecule has 0 fully saturated rings. The summed E-state index contributed by atoms with van der Waals surface area (Å²) in [6.45, 7) is 0.0302. The highest BCUT2D eigenvalue weighted by molar-refractivity contribution is 9.10. The second-order valence-electron chi connectivity index (χ2n) is 6.06. The zero-order valence-corrected chi connectivity index (χ0v) is 15.9. The number of furan rings is 1. The van der Waals surface area contributed by atoms with Gasteiger partial charge in [-0.15, -0.1) is 0 Å². The number of carbonyl (C=O) groups excluding carboxylic acids is 2. The van der Waals surface area contributed by atoms with Crippen molar-refractivity contribution in [2.45, 2.75) is 32.2 Å². The predicted molar refractivity (Wildman–Crippen MR) is 100 cm³/mol. The summed E-state index contributed by atoms with van der Waals surface area (Å²) in [5.41, 5.74) is 1.37. The molecule has 0 radical (unpaired) electrons. The second-order valence-corrected chi connectivity index (χ2v) is 6.91. The molecule has 1 aliphatic carbocycles. The molecule has 0 spiro atoms. The SMILES string of the molecule is O=C(OCC(=O)N(Cc1ccco1)C1=CCCCC1)c1ccccc1Br. The van der Waals surface area contributed by atoms with E-state index in [1.54, 1.807) is 35.4 Å². The molecule has 1 aromatic carbocycles. The van der Waals surface area contributed by atoms with Crippen molar-refractivity contribution in [3.8, 4) is 0 Å². The van der Waals surface area contributed by atoms with Gasteiger partial charge in [-0.1, -0.05) is 18.2 Å². The molecule has 0 atom stereocenters. The van der Waals surface area contributed by atoms with Gasteiger partial charge in [-0.3, -0.25) is 4.79 Å². The van der Waals surface area contributed by atoms with Gasteiger partial charge >= 0.3 is 5.97 Å². The van der Waals surface area contributed by atoms with Gasteiger partial charge in [-0.2, -0.15) is 0 Å². The summed E-state index contributed by atoms with van der Waals surface area (Å²) in [6.07, 6.45) is 7.63. The van der Waals surface area contributed by atoms with E-state index in [1.807, 2.05) is 12.1 Å². The molecule has 136 valence electrons. The lowest BCUT2D eigenvalue weighted by atomic mass is 10.0. The Balaban J connectivity index is 1.68. The maximum atomic E-state index is 12.7. The highest BCUT2D eigenvalue weighted by Crippen LogP contribution is 2.23. The van der Waals surface area contributed by atoms with Crippen molar-refractivity contribution in [2.24, 2.45) is 0 Å². The van der Waals surface area contributed by atoms with Crippen molar-refractivity contribution in [3.05, 3.63) is 70.2 Å². The van der Waals surface area contributed by atoms with Crippen molar-refractivity contribution < 1.29 is 18.7 Å². The van der Waals surface area contributed by atoms with Crippen LogP contribution in [0.5, 0.6) is 0 Å². The first-order valence-electron chi connectivity index (χ1n) is 8.58. The van der Waals surface area contributed by atoms with Crippen LogP contribution in [0.2, 0.25) is 0 Å². The van der Waals surface area contributed by atoms with E-state index in [0.29, 0.717) is 22.3 Å². The van der Waals surface area contributed by atoms with Gasteiger partial charge in [0.15, 0.2) is 6.61 Å². The number of nitrogens with zero attached hydrogens (tertiary/aromatic N) is 1. The molecule has 5 nitrogen and oxygen atoms in total. The van der Waals surface area contributed by atoms with E-state index in [9.17, 15) is 9.59 Å². The van der Waals surface area contributed by atoms with Gasteiger partial charge in [0.1, 0.15) is 5.76 Å². The summed E-state index contributed by atoms with van der Waals surface area (Å²) in [5, 5.41) is 0. The molecular formula is C20H20BrNO4. The van der Waals surface area contributed by atoms with Crippen LogP contribution in [0.3, 0.4) is 0 Å². The molecule has 1 aliphatic rings. The Kier molecular flexibility index (Phi) is 6.28. The van der Waals surface area contributed by atoms with Crippen LogP contribution in [0.1, 0.15) is 41.8 Å². The molecule has 2 aromatic rings. The Morgan fingerprint density at radius 1 is 1.15 bits per heavy atom. The number of ether oxygens (including phenoxy) is 1. The third kappa shape index (κ3) is 4.64. The third-order valence-electron chi connectivity index (χ3n) is 4.23. The van der Waals surface area contributed by atoms with Crippen LogP contribution in [0, 0.1) is 0 Å². The van der Waals surface area contributed by atoms with Crippen LogP contribution in [-0.2, 0) is 16.1 Å². The Bertz CT molecular complexity index is 798. The molecule has 1 amide bonds. The summed E-state index contributed by atoms with van der Waals surface area (Å²) in [5.74, 6) is -0.0849. The molecule has 0 N–H and O–H groups in total. The number of rotatable bonds is 6. The lowest BCUT2D eigenvalue weighted by Crippen LogP contribution is -2.34. The average Bonchev–Trinajstić information content (AvgIpc) is 3.18. The van der Waals surface area contributed by atoms with Crippen LogP contribution in [0.25, 0.3) is 0 Å². The minimum atomic E-state index is -0.526. The zero-order chi connectivity index (χ0) is 18.4. The van der Waals surface area contributed by atoms with Crippen molar-refractivity contribution >= 4 is 27.8 Å². The third-order valence-corrected chi connectivity index (χ3v) is 4.92. The quantitative estimate of drug-likeness (QED) is 0.639. The van der Waals surface area contributed by atoms with Crippen molar-refractivity contribution in [1.29, 1.82) is 0 Å². The minimum absolute atomic E-state index is 0.255. The highest BCUT2D eigenvalue weighted by atomic mass is 79.9. The largest absolute Gasteiger partial charge is 0.467 e. The van der Waals surface area contributed by atoms with Gasteiger partial charge in [0.05, 0.1) is 18.4 Å². The predicted octanol–water partition coefficient (Wildman–Crippen LogP) is 4.69. The first-order valence-corrected chi connectivity index (χ1v) is 9.38. The monoisotopic (exact) mass is 417 g/mol. The maximum absolute atomic E-state index is 12.7. The topological polar surface area (TPSA) is 59.8 Å². The first-order chi connectivity index (χ1) is 12.6. The Morgan fingerprint density at radius 3 is 2.69 bits per heavy atom. The molecule has 3 rings (SSSR count). The molecule has 0 aliphatic heterocycles. The molecule has 1 heterocycles. The maximum Gasteiger partial charge on any atom is 0.339 e. The number of hydrogen-bond donors (Lipinski definition) is 0. The lowest BCUT2D eigenvalue weighted by Gasteiger charge is -2.27. The van der Waals surface area contributed by atoms with E-state index < -0.39 is 5.97 Å². The molecule has 0 saturated carbocycles. The van der Waals surface area contributed by atoms with E-state index in [0.717, 1.165) is 31.4 Å². The van der Waals surface area contributed by atoms with Crippen LogP contribution in [0.15, 0.2) is 63.3 Å². The molecule has 1 aromatic heterocycles.